The second kappa shape index (κ2) is 4.32. The summed E-state index contributed by atoms with van der Waals surface area (Å²) in [7, 11) is 0. The fourth-order valence-corrected chi connectivity index (χ4v) is 2.90. The standard InChI is InChI=1S/C10H12BrClN2/c1-5(2)9-7(12)3-8(14)6(4-13)10(9)11/h3-5,13H,14H2,1-2H3. The highest BCUT2D eigenvalue weighted by Gasteiger charge is 2.14. The molecule has 76 valence electrons. The summed E-state index contributed by atoms with van der Waals surface area (Å²) in [6.45, 7) is 4.10. The Morgan fingerprint density at radius 3 is 2.57 bits per heavy atom. The van der Waals surface area contributed by atoms with Crippen LogP contribution >= 0.6 is 27.5 Å². The number of hydrogen-bond donors (Lipinski definition) is 2. The Morgan fingerprint density at radius 2 is 2.14 bits per heavy atom. The Bertz CT molecular complexity index is 375. The number of nitrogens with two attached hydrogens (primary N) is 1. The minimum Gasteiger partial charge on any atom is -0.398 e. The maximum absolute atomic E-state index is 7.26. The van der Waals surface area contributed by atoms with Crippen LogP contribution in [0.4, 0.5) is 5.69 Å². The van der Waals surface area contributed by atoms with Crippen LogP contribution in [0.25, 0.3) is 0 Å². The summed E-state index contributed by atoms with van der Waals surface area (Å²) in [6.07, 6.45) is 1.24. The molecule has 1 aromatic carbocycles. The Balaban J connectivity index is 3.51. The summed E-state index contributed by atoms with van der Waals surface area (Å²) in [5.74, 6) is 0.302. The number of nitrogens with one attached hydrogen (secondary N) is 1. The third-order valence-corrected chi connectivity index (χ3v) is 3.21. The maximum atomic E-state index is 7.26. The first kappa shape index (κ1) is 11.5. The first-order valence-corrected chi connectivity index (χ1v) is 5.44. The van der Waals surface area contributed by atoms with E-state index in [4.69, 9.17) is 22.7 Å². The van der Waals surface area contributed by atoms with E-state index in [2.05, 4.69) is 29.8 Å². The van der Waals surface area contributed by atoms with Crippen molar-refractivity contribution in [3.05, 3.63) is 26.7 Å². The zero-order valence-electron chi connectivity index (χ0n) is 8.07. The van der Waals surface area contributed by atoms with Gasteiger partial charge in [0.15, 0.2) is 0 Å². The highest BCUT2D eigenvalue weighted by atomic mass is 79.9. The minimum absolute atomic E-state index is 0.302. The van der Waals surface area contributed by atoms with Crippen LogP contribution in [0.5, 0.6) is 0 Å². The Labute approximate surface area is 97.1 Å². The van der Waals surface area contributed by atoms with Crippen molar-refractivity contribution in [2.45, 2.75) is 19.8 Å². The van der Waals surface area contributed by atoms with Gasteiger partial charge in [-0.25, -0.2) is 0 Å². The average molecular weight is 276 g/mol. The van der Waals surface area contributed by atoms with Gasteiger partial charge in [-0.05, 0) is 33.5 Å². The molecule has 0 aliphatic heterocycles. The summed E-state index contributed by atoms with van der Waals surface area (Å²) in [6, 6.07) is 1.70. The zero-order valence-corrected chi connectivity index (χ0v) is 10.4. The number of anilines is 1. The smallest absolute Gasteiger partial charge is 0.0472 e. The molecule has 0 fully saturated rings. The van der Waals surface area contributed by atoms with Gasteiger partial charge in [-0.1, -0.05) is 25.4 Å². The molecule has 0 unspecified atom stereocenters. The van der Waals surface area contributed by atoms with E-state index in [-0.39, 0.29) is 0 Å². The molecule has 0 atom stereocenters. The zero-order chi connectivity index (χ0) is 10.9. The number of hydrogen-bond acceptors (Lipinski definition) is 2. The van der Waals surface area contributed by atoms with Crippen molar-refractivity contribution in [3.63, 3.8) is 0 Å². The predicted molar refractivity (Wildman–Crippen MR) is 65.5 cm³/mol. The number of rotatable bonds is 2. The van der Waals surface area contributed by atoms with Gasteiger partial charge in [0, 0.05) is 27.0 Å². The number of benzene rings is 1. The van der Waals surface area contributed by atoms with Crippen molar-refractivity contribution >= 4 is 39.4 Å². The van der Waals surface area contributed by atoms with Gasteiger partial charge in [-0.3, -0.25) is 0 Å². The summed E-state index contributed by atoms with van der Waals surface area (Å²) < 4.78 is 0.826. The SMILES string of the molecule is CC(C)c1c(Cl)cc(N)c(C=N)c1Br. The Kier molecular flexibility index (Phi) is 3.56. The molecule has 0 radical (unpaired) electrons. The average Bonchev–Trinajstić information content (AvgIpc) is 2.02. The van der Waals surface area contributed by atoms with Gasteiger partial charge in [0.05, 0.1) is 0 Å². The second-order valence-electron chi connectivity index (χ2n) is 3.39. The quantitative estimate of drug-likeness (QED) is 0.626. The summed E-state index contributed by atoms with van der Waals surface area (Å²) in [5.41, 5.74) is 7.96. The van der Waals surface area contributed by atoms with Crippen LogP contribution in [-0.4, -0.2) is 6.21 Å². The summed E-state index contributed by atoms with van der Waals surface area (Å²) >= 11 is 9.50. The van der Waals surface area contributed by atoms with Crippen molar-refractivity contribution < 1.29 is 0 Å². The lowest BCUT2D eigenvalue weighted by atomic mass is 10.00. The lowest BCUT2D eigenvalue weighted by Crippen LogP contribution is -2.00. The molecule has 1 rings (SSSR count). The fourth-order valence-electron chi connectivity index (χ4n) is 1.34. The van der Waals surface area contributed by atoms with Crippen LogP contribution in [0.1, 0.15) is 30.9 Å². The monoisotopic (exact) mass is 274 g/mol. The third-order valence-electron chi connectivity index (χ3n) is 2.05. The summed E-state index contributed by atoms with van der Waals surface area (Å²) in [4.78, 5) is 0. The van der Waals surface area contributed by atoms with E-state index in [0.29, 0.717) is 22.2 Å². The molecule has 0 heterocycles. The van der Waals surface area contributed by atoms with Crippen LogP contribution in [-0.2, 0) is 0 Å². The molecular weight excluding hydrogens is 263 g/mol. The van der Waals surface area contributed by atoms with Gasteiger partial charge in [0.1, 0.15) is 0 Å². The first-order chi connectivity index (χ1) is 6.49. The van der Waals surface area contributed by atoms with E-state index in [1.54, 1.807) is 6.07 Å². The number of nitrogen functional groups attached to an aromatic ring is 1. The molecule has 3 N–H and O–H groups in total. The van der Waals surface area contributed by atoms with Crippen molar-refractivity contribution in [1.82, 2.24) is 0 Å². The van der Waals surface area contributed by atoms with Crippen LogP contribution in [0.3, 0.4) is 0 Å². The largest absolute Gasteiger partial charge is 0.398 e. The Hall–Kier alpha value is -0.540. The van der Waals surface area contributed by atoms with E-state index in [9.17, 15) is 0 Å². The van der Waals surface area contributed by atoms with E-state index in [0.717, 1.165) is 10.0 Å². The van der Waals surface area contributed by atoms with Crippen LogP contribution in [0.2, 0.25) is 5.02 Å². The van der Waals surface area contributed by atoms with E-state index in [1.165, 1.54) is 6.21 Å². The first-order valence-electron chi connectivity index (χ1n) is 4.26. The molecule has 0 aliphatic rings. The molecule has 0 saturated heterocycles. The Morgan fingerprint density at radius 1 is 1.57 bits per heavy atom. The molecule has 0 bridgehead atoms. The maximum Gasteiger partial charge on any atom is 0.0472 e. The molecule has 0 aliphatic carbocycles. The van der Waals surface area contributed by atoms with Gasteiger partial charge >= 0.3 is 0 Å². The highest BCUT2D eigenvalue weighted by molar-refractivity contribution is 9.10. The van der Waals surface area contributed by atoms with Crippen molar-refractivity contribution in [3.8, 4) is 0 Å². The second-order valence-corrected chi connectivity index (χ2v) is 4.59. The van der Waals surface area contributed by atoms with Crippen molar-refractivity contribution in [2.24, 2.45) is 0 Å². The summed E-state index contributed by atoms with van der Waals surface area (Å²) in [5, 5.41) is 7.90. The predicted octanol–water partition coefficient (Wildman–Crippen LogP) is 3.81. The highest BCUT2D eigenvalue weighted by Crippen LogP contribution is 2.36. The molecule has 0 amide bonds. The van der Waals surface area contributed by atoms with Crippen LogP contribution in [0.15, 0.2) is 10.5 Å². The molecule has 1 aromatic rings. The molecule has 4 heteroatoms. The van der Waals surface area contributed by atoms with Gasteiger partial charge in [-0.2, -0.15) is 0 Å². The molecule has 14 heavy (non-hydrogen) atoms. The van der Waals surface area contributed by atoms with Gasteiger partial charge < -0.3 is 11.1 Å². The van der Waals surface area contributed by atoms with Gasteiger partial charge in [0.2, 0.25) is 0 Å². The third kappa shape index (κ3) is 1.93. The topological polar surface area (TPSA) is 49.9 Å². The fraction of sp³-hybridized carbons (Fsp3) is 0.300. The lowest BCUT2D eigenvalue weighted by Gasteiger charge is -2.14. The van der Waals surface area contributed by atoms with E-state index in [1.807, 2.05) is 0 Å². The number of halogens is 2. The van der Waals surface area contributed by atoms with Crippen LogP contribution < -0.4 is 5.73 Å². The van der Waals surface area contributed by atoms with Gasteiger partial charge in [0.25, 0.3) is 0 Å². The minimum atomic E-state index is 0.302. The van der Waals surface area contributed by atoms with Crippen molar-refractivity contribution in [1.29, 1.82) is 5.41 Å². The molecule has 0 spiro atoms. The lowest BCUT2D eigenvalue weighted by molar-refractivity contribution is 0.861. The molecular formula is C10H12BrClN2. The molecule has 0 saturated carbocycles. The molecule has 2 nitrogen and oxygen atoms in total. The van der Waals surface area contributed by atoms with E-state index < -0.39 is 0 Å². The van der Waals surface area contributed by atoms with Crippen LogP contribution in [0, 0.1) is 5.41 Å². The van der Waals surface area contributed by atoms with Gasteiger partial charge in [-0.15, -0.1) is 0 Å². The normalized spacial score (nSPS) is 10.6. The van der Waals surface area contributed by atoms with Crippen molar-refractivity contribution in [2.75, 3.05) is 5.73 Å². The van der Waals surface area contributed by atoms with E-state index >= 15 is 0 Å². The molecule has 0 aromatic heterocycles.